The molecule has 0 aliphatic carbocycles. The maximum absolute atomic E-state index is 13.4. The fourth-order valence-corrected chi connectivity index (χ4v) is 3.25. The van der Waals surface area contributed by atoms with Gasteiger partial charge in [-0.2, -0.15) is 10.1 Å². The van der Waals surface area contributed by atoms with Crippen molar-refractivity contribution in [2.24, 2.45) is 0 Å². The lowest BCUT2D eigenvalue weighted by Crippen LogP contribution is -2.47. The van der Waals surface area contributed by atoms with Crippen molar-refractivity contribution in [2.45, 2.75) is 0 Å². The Balaban J connectivity index is 1.43. The first-order valence-electron chi connectivity index (χ1n) is 9.19. The zero-order chi connectivity index (χ0) is 20.2. The first-order chi connectivity index (χ1) is 14.1. The Morgan fingerprint density at radius 1 is 0.966 bits per heavy atom. The molecular formula is C20H20F2N6O. The van der Waals surface area contributed by atoms with Crippen LogP contribution in [0.1, 0.15) is 0 Å². The van der Waals surface area contributed by atoms with Crippen molar-refractivity contribution in [1.82, 2.24) is 15.2 Å². The number of hydrogen-bond donors (Lipinski definition) is 1. The first-order valence-corrected chi connectivity index (χ1v) is 9.19. The number of rotatable bonds is 5. The standard InChI is InChI=1S/C20H20F2N6O/c1-29-18-5-3-2-4-17(18)27-8-10-28(11-9-27)20-25-19(13-23-26-20)24-14-6-7-15(21)16(22)12-14/h2-7,12-13H,8-11H2,1H3,(H,24,25,26). The second kappa shape index (κ2) is 8.26. The molecule has 0 radical (unpaired) electrons. The maximum Gasteiger partial charge on any atom is 0.247 e. The molecule has 1 aromatic heterocycles. The van der Waals surface area contributed by atoms with Crippen LogP contribution < -0.4 is 19.9 Å². The summed E-state index contributed by atoms with van der Waals surface area (Å²) in [7, 11) is 1.67. The van der Waals surface area contributed by atoms with Crippen molar-refractivity contribution in [3.63, 3.8) is 0 Å². The number of para-hydroxylation sites is 2. The van der Waals surface area contributed by atoms with Gasteiger partial charge in [0.1, 0.15) is 5.75 Å². The highest BCUT2D eigenvalue weighted by Crippen LogP contribution is 2.29. The molecule has 2 aromatic carbocycles. The van der Waals surface area contributed by atoms with E-state index in [1.54, 1.807) is 7.11 Å². The molecule has 0 unspecified atom stereocenters. The second-order valence-corrected chi connectivity index (χ2v) is 6.54. The van der Waals surface area contributed by atoms with Crippen LogP contribution >= 0.6 is 0 Å². The van der Waals surface area contributed by atoms with E-state index in [0.29, 0.717) is 30.5 Å². The number of benzene rings is 2. The molecule has 1 fully saturated rings. The molecule has 0 bridgehead atoms. The van der Waals surface area contributed by atoms with Gasteiger partial charge in [0.15, 0.2) is 17.5 Å². The second-order valence-electron chi connectivity index (χ2n) is 6.54. The number of aromatic nitrogens is 3. The zero-order valence-corrected chi connectivity index (χ0v) is 15.8. The van der Waals surface area contributed by atoms with E-state index in [4.69, 9.17) is 4.74 Å². The molecule has 7 nitrogen and oxygen atoms in total. The number of halogens is 2. The van der Waals surface area contributed by atoms with Crippen LogP contribution in [-0.2, 0) is 0 Å². The SMILES string of the molecule is COc1ccccc1N1CCN(c2nncc(Nc3ccc(F)c(F)c3)n2)CC1. The third kappa shape index (κ3) is 4.18. The molecule has 1 aliphatic rings. The third-order valence-electron chi connectivity index (χ3n) is 4.73. The minimum atomic E-state index is -0.926. The average Bonchev–Trinajstić information content (AvgIpc) is 2.76. The van der Waals surface area contributed by atoms with Crippen molar-refractivity contribution < 1.29 is 13.5 Å². The van der Waals surface area contributed by atoms with E-state index in [1.165, 1.54) is 12.3 Å². The summed E-state index contributed by atoms with van der Waals surface area (Å²) in [6, 6.07) is 11.5. The number of methoxy groups -OCH3 is 1. The van der Waals surface area contributed by atoms with Gasteiger partial charge in [-0.1, -0.05) is 12.1 Å². The van der Waals surface area contributed by atoms with E-state index in [9.17, 15) is 8.78 Å². The number of anilines is 4. The number of nitrogens with zero attached hydrogens (tertiary/aromatic N) is 5. The van der Waals surface area contributed by atoms with Gasteiger partial charge in [0.25, 0.3) is 0 Å². The highest BCUT2D eigenvalue weighted by Gasteiger charge is 2.21. The molecule has 3 aromatic rings. The Kier molecular flexibility index (Phi) is 5.37. The van der Waals surface area contributed by atoms with Crippen LogP contribution in [0.15, 0.2) is 48.7 Å². The highest BCUT2D eigenvalue weighted by molar-refractivity contribution is 5.60. The molecule has 1 aliphatic heterocycles. The number of piperazine rings is 1. The Morgan fingerprint density at radius 3 is 2.48 bits per heavy atom. The number of hydrogen-bond acceptors (Lipinski definition) is 7. The van der Waals surface area contributed by atoms with Gasteiger partial charge in [-0.15, -0.1) is 5.10 Å². The van der Waals surface area contributed by atoms with Gasteiger partial charge in [0.2, 0.25) is 5.95 Å². The lowest BCUT2D eigenvalue weighted by Gasteiger charge is -2.36. The molecule has 0 atom stereocenters. The van der Waals surface area contributed by atoms with Crippen LogP contribution in [0.4, 0.5) is 31.9 Å². The van der Waals surface area contributed by atoms with Gasteiger partial charge in [-0.3, -0.25) is 0 Å². The van der Waals surface area contributed by atoms with Crippen molar-refractivity contribution in [3.8, 4) is 5.75 Å². The molecule has 1 saturated heterocycles. The molecule has 1 N–H and O–H groups in total. The van der Waals surface area contributed by atoms with Crippen LogP contribution in [0.25, 0.3) is 0 Å². The molecule has 4 rings (SSSR count). The van der Waals surface area contributed by atoms with E-state index in [2.05, 4.69) is 25.4 Å². The lowest BCUT2D eigenvalue weighted by atomic mass is 10.2. The van der Waals surface area contributed by atoms with E-state index in [1.807, 2.05) is 29.2 Å². The maximum atomic E-state index is 13.4. The first kappa shape index (κ1) is 18.9. The Bertz CT molecular complexity index is 994. The highest BCUT2D eigenvalue weighted by atomic mass is 19.2. The summed E-state index contributed by atoms with van der Waals surface area (Å²) in [5.74, 6) is -0.0864. The minimum absolute atomic E-state index is 0.386. The molecule has 0 spiro atoms. The molecular weight excluding hydrogens is 378 g/mol. The van der Waals surface area contributed by atoms with Crippen molar-refractivity contribution in [1.29, 1.82) is 0 Å². The summed E-state index contributed by atoms with van der Waals surface area (Å²) in [4.78, 5) is 8.75. The normalized spacial score (nSPS) is 14.0. The Labute approximate surface area is 167 Å². The molecule has 150 valence electrons. The van der Waals surface area contributed by atoms with Crippen LogP contribution in [0.2, 0.25) is 0 Å². The summed E-state index contributed by atoms with van der Waals surface area (Å²) < 4.78 is 31.9. The van der Waals surface area contributed by atoms with Crippen LogP contribution in [-0.4, -0.2) is 48.5 Å². The van der Waals surface area contributed by atoms with Crippen molar-refractivity contribution >= 4 is 23.1 Å². The summed E-state index contributed by atoms with van der Waals surface area (Å²) in [6.07, 6.45) is 1.44. The molecule has 9 heteroatoms. The quantitative estimate of drug-likeness (QED) is 0.708. The van der Waals surface area contributed by atoms with Gasteiger partial charge < -0.3 is 19.9 Å². The summed E-state index contributed by atoms with van der Waals surface area (Å²) in [6.45, 7) is 3.00. The minimum Gasteiger partial charge on any atom is -0.495 e. The van der Waals surface area contributed by atoms with Crippen molar-refractivity contribution in [3.05, 3.63) is 60.3 Å². The van der Waals surface area contributed by atoms with Crippen LogP contribution in [0.3, 0.4) is 0 Å². The van der Waals surface area contributed by atoms with Gasteiger partial charge in [-0.25, -0.2) is 8.78 Å². The van der Waals surface area contributed by atoms with Crippen LogP contribution in [0.5, 0.6) is 5.75 Å². The third-order valence-corrected chi connectivity index (χ3v) is 4.73. The largest absolute Gasteiger partial charge is 0.495 e. The predicted octanol–water partition coefficient (Wildman–Crippen LogP) is 3.23. The van der Waals surface area contributed by atoms with E-state index in [-0.39, 0.29) is 0 Å². The summed E-state index contributed by atoms with van der Waals surface area (Å²) in [5.41, 5.74) is 1.44. The zero-order valence-electron chi connectivity index (χ0n) is 15.8. The lowest BCUT2D eigenvalue weighted by molar-refractivity contribution is 0.413. The Hall–Kier alpha value is -3.49. The molecule has 29 heavy (non-hydrogen) atoms. The van der Waals surface area contributed by atoms with Gasteiger partial charge >= 0.3 is 0 Å². The fourth-order valence-electron chi connectivity index (χ4n) is 3.25. The van der Waals surface area contributed by atoms with Crippen LogP contribution in [0, 0.1) is 11.6 Å². The summed E-state index contributed by atoms with van der Waals surface area (Å²) in [5, 5.41) is 11.0. The smallest absolute Gasteiger partial charge is 0.247 e. The summed E-state index contributed by atoms with van der Waals surface area (Å²) >= 11 is 0. The van der Waals surface area contributed by atoms with Gasteiger partial charge in [0, 0.05) is 37.9 Å². The fraction of sp³-hybridized carbons (Fsp3) is 0.250. The van der Waals surface area contributed by atoms with E-state index >= 15 is 0 Å². The Morgan fingerprint density at radius 2 is 1.72 bits per heavy atom. The van der Waals surface area contributed by atoms with Gasteiger partial charge in [-0.05, 0) is 24.3 Å². The monoisotopic (exact) mass is 398 g/mol. The topological polar surface area (TPSA) is 66.4 Å². The van der Waals surface area contributed by atoms with Gasteiger partial charge in [0.05, 0.1) is 19.0 Å². The van der Waals surface area contributed by atoms with E-state index in [0.717, 1.165) is 36.7 Å². The predicted molar refractivity (Wildman–Crippen MR) is 107 cm³/mol. The average molecular weight is 398 g/mol. The number of ether oxygens (including phenoxy) is 1. The van der Waals surface area contributed by atoms with E-state index < -0.39 is 11.6 Å². The number of nitrogens with one attached hydrogen (secondary N) is 1. The van der Waals surface area contributed by atoms with Crippen molar-refractivity contribution in [2.75, 3.05) is 48.4 Å². The molecule has 2 heterocycles. The molecule has 0 amide bonds. The molecule has 0 saturated carbocycles.